The van der Waals surface area contributed by atoms with Crippen molar-refractivity contribution < 1.29 is 31.2 Å². The zero-order valence-corrected chi connectivity index (χ0v) is 25.2. The first-order valence-electron chi connectivity index (χ1n) is 13.0. The Bertz CT molecular complexity index is 1510. The molecule has 0 aliphatic carbocycles. The van der Waals surface area contributed by atoms with Gasteiger partial charge in [-0.3, -0.25) is 13.9 Å². The number of halogens is 5. The van der Waals surface area contributed by atoms with E-state index >= 15 is 0 Å². The Balaban J connectivity index is 2.06. The van der Waals surface area contributed by atoms with Gasteiger partial charge >= 0.3 is 6.18 Å². The van der Waals surface area contributed by atoms with Crippen LogP contribution in [0.25, 0.3) is 0 Å². The van der Waals surface area contributed by atoms with Crippen molar-refractivity contribution in [3.63, 3.8) is 0 Å². The average Bonchev–Trinajstić information content (AvgIpc) is 2.96. The third kappa shape index (κ3) is 8.39. The molecule has 2 amide bonds. The number of hydrogen-bond acceptors (Lipinski definition) is 4. The molecule has 42 heavy (non-hydrogen) atoms. The maximum Gasteiger partial charge on any atom is 0.416 e. The van der Waals surface area contributed by atoms with E-state index in [9.17, 15) is 31.2 Å². The van der Waals surface area contributed by atoms with Gasteiger partial charge in [0.1, 0.15) is 12.6 Å². The van der Waals surface area contributed by atoms with Crippen molar-refractivity contribution in [1.29, 1.82) is 0 Å². The van der Waals surface area contributed by atoms with Gasteiger partial charge in [-0.2, -0.15) is 13.2 Å². The highest BCUT2D eigenvalue weighted by Gasteiger charge is 2.35. The molecule has 0 spiro atoms. The van der Waals surface area contributed by atoms with Crippen LogP contribution in [0.5, 0.6) is 0 Å². The number of unbranched alkanes of at least 4 members (excludes halogenated alkanes) is 1. The lowest BCUT2D eigenvalue weighted by Gasteiger charge is -2.32. The van der Waals surface area contributed by atoms with E-state index in [2.05, 4.69) is 5.32 Å². The Morgan fingerprint density at radius 2 is 1.64 bits per heavy atom. The van der Waals surface area contributed by atoms with Crippen LogP contribution in [-0.2, 0) is 32.3 Å². The largest absolute Gasteiger partial charge is 0.416 e. The van der Waals surface area contributed by atoms with Gasteiger partial charge in [0, 0.05) is 13.1 Å². The molecule has 0 bridgehead atoms. The fourth-order valence-corrected chi connectivity index (χ4v) is 5.79. The Hall–Kier alpha value is -3.28. The quantitative estimate of drug-likeness (QED) is 0.227. The standard InChI is InChI=1S/C29H30Cl2F3N3O4S/c1-3-4-15-35-28(39)20(2)36(18-21-13-14-25(30)26(31)16-21)27(38)19-37(42(40,41)24-11-6-5-7-12-24)23-10-8-9-22(17-23)29(32,33)34/h5-14,16-17,20H,3-4,15,18-19H2,1-2H3,(H,35,39). The summed E-state index contributed by atoms with van der Waals surface area (Å²) in [5, 5.41) is 3.23. The highest BCUT2D eigenvalue weighted by molar-refractivity contribution is 7.92. The van der Waals surface area contributed by atoms with Crippen LogP contribution >= 0.6 is 23.2 Å². The van der Waals surface area contributed by atoms with Crippen molar-refractivity contribution in [3.8, 4) is 0 Å². The van der Waals surface area contributed by atoms with E-state index in [4.69, 9.17) is 23.2 Å². The summed E-state index contributed by atoms with van der Waals surface area (Å²) in [6.45, 7) is 2.77. The van der Waals surface area contributed by atoms with E-state index < -0.39 is 46.2 Å². The molecular weight excluding hydrogens is 614 g/mol. The molecule has 3 aromatic rings. The van der Waals surface area contributed by atoms with E-state index in [1.165, 1.54) is 49.4 Å². The van der Waals surface area contributed by atoms with Crippen LogP contribution in [0.1, 0.15) is 37.8 Å². The second-order valence-corrected chi connectivity index (χ2v) is 12.1. The lowest BCUT2D eigenvalue weighted by atomic mass is 10.1. The van der Waals surface area contributed by atoms with Gasteiger partial charge in [0.2, 0.25) is 11.8 Å². The Morgan fingerprint density at radius 1 is 0.952 bits per heavy atom. The number of nitrogens with zero attached hydrogens (tertiary/aromatic N) is 2. The predicted octanol–water partition coefficient (Wildman–Crippen LogP) is 6.54. The first kappa shape index (κ1) is 33.2. The molecule has 0 aromatic heterocycles. The lowest BCUT2D eigenvalue weighted by molar-refractivity contribution is -0.139. The third-order valence-corrected chi connectivity index (χ3v) is 8.93. The second kappa shape index (κ2) is 14.3. The van der Waals surface area contributed by atoms with E-state index in [1.54, 1.807) is 12.1 Å². The third-order valence-electron chi connectivity index (χ3n) is 6.41. The molecule has 3 aromatic carbocycles. The van der Waals surface area contributed by atoms with Gasteiger partial charge in [0.25, 0.3) is 10.0 Å². The molecule has 7 nitrogen and oxygen atoms in total. The van der Waals surface area contributed by atoms with Crippen molar-refractivity contribution in [3.05, 3.63) is 94.0 Å². The van der Waals surface area contributed by atoms with Gasteiger partial charge in [-0.1, -0.05) is 66.9 Å². The maximum absolute atomic E-state index is 13.9. The van der Waals surface area contributed by atoms with E-state index in [0.29, 0.717) is 28.9 Å². The van der Waals surface area contributed by atoms with Crippen LogP contribution in [0.4, 0.5) is 18.9 Å². The molecule has 0 saturated heterocycles. The van der Waals surface area contributed by atoms with Crippen LogP contribution < -0.4 is 9.62 Å². The van der Waals surface area contributed by atoms with E-state index in [0.717, 1.165) is 23.5 Å². The van der Waals surface area contributed by atoms with Gasteiger partial charge in [0.15, 0.2) is 0 Å². The second-order valence-electron chi connectivity index (χ2n) is 9.46. The molecule has 0 radical (unpaired) electrons. The Labute approximate surface area is 253 Å². The van der Waals surface area contributed by atoms with Gasteiger partial charge in [-0.15, -0.1) is 0 Å². The number of alkyl halides is 3. The number of sulfonamides is 1. The fraction of sp³-hybridized carbons (Fsp3) is 0.310. The number of hydrogen-bond donors (Lipinski definition) is 1. The molecule has 0 aliphatic heterocycles. The fourth-order valence-electron chi connectivity index (χ4n) is 4.04. The van der Waals surface area contributed by atoms with E-state index in [-0.39, 0.29) is 27.2 Å². The number of benzene rings is 3. The zero-order chi connectivity index (χ0) is 31.1. The molecular formula is C29H30Cl2F3N3O4S. The topological polar surface area (TPSA) is 86.8 Å². The molecule has 13 heteroatoms. The summed E-state index contributed by atoms with van der Waals surface area (Å²) in [6, 6.07) is 14.3. The average molecular weight is 645 g/mol. The zero-order valence-electron chi connectivity index (χ0n) is 22.9. The molecule has 1 unspecified atom stereocenters. The molecule has 0 heterocycles. The molecule has 0 aliphatic rings. The Kier molecular flexibility index (Phi) is 11.3. The predicted molar refractivity (Wildman–Crippen MR) is 157 cm³/mol. The van der Waals surface area contributed by atoms with Gasteiger partial charge in [0.05, 0.1) is 26.2 Å². The van der Waals surface area contributed by atoms with Crippen molar-refractivity contribution in [1.82, 2.24) is 10.2 Å². The minimum Gasteiger partial charge on any atom is -0.354 e. The maximum atomic E-state index is 13.9. The number of anilines is 1. The molecule has 0 saturated carbocycles. The van der Waals surface area contributed by atoms with Crippen molar-refractivity contribution in [2.45, 2.75) is 50.3 Å². The number of amides is 2. The first-order valence-corrected chi connectivity index (χ1v) is 15.2. The summed E-state index contributed by atoms with van der Waals surface area (Å²) < 4.78 is 68.8. The van der Waals surface area contributed by atoms with Gasteiger partial charge < -0.3 is 10.2 Å². The Morgan fingerprint density at radius 3 is 2.26 bits per heavy atom. The number of rotatable bonds is 12. The summed E-state index contributed by atoms with van der Waals surface area (Å²) >= 11 is 12.2. The highest BCUT2D eigenvalue weighted by Crippen LogP contribution is 2.33. The normalized spacial score (nSPS) is 12.5. The summed E-state index contributed by atoms with van der Waals surface area (Å²) in [5.41, 5.74) is -0.948. The van der Waals surface area contributed by atoms with Gasteiger partial charge in [-0.25, -0.2) is 8.42 Å². The summed E-state index contributed by atoms with van der Waals surface area (Å²) in [6.07, 6.45) is -3.23. The van der Waals surface area contributed by atoms with Crippen LogP contribution in [-0.4, -0.2) is 44.3 Å². The summed E-state index contributed by atoms with van der Waals surface area (Å²) in [5.74, 6) is -1.30. The molecule has 1 N–H and O–H groups in total. The van der Waals surface area contributed by atoms with Crippen LogP contribution in [0.15, 0.2) is 77.7 Å². The highest BCUT2D eigenvalue weighted by atomic mass is 35.5. The minimum absolute atomic E-state index is 0.153. The van der Waals surface area contributed by atoms with E-state index in [1.807, 2.05) is 6.92 Å². The minimum atomic E-state index is -4.76. The van der Waals surface area contributed by atoms with Crippen LogP contribution in [0.3, 0.4) is 0 Å². The molecule has 1 atom stereocenters. The van der Waals surface area contributed by atoms with Crippen LogP contribution in [0.2, 0.25) is 10.0 Å². The van der Waals surface area contributed by atoms with Crippen LogP contribution in [0, 0.1) is 0 Å². The summed E-state index contributed by atoms with van der Waals surface area (Å²) in [7, 11) is -4.51. The SMILES string of the molecule is CCCCNC(=O)C(C)N(Cc1ccc(Cl)c(Cl)c1)C(=O)CN(c1cccc(C(F)(F)F)c1)S(=O)(=O)c1ccccc1. The monoisotopic (exact) mass is 643 g/mol. The summed E-state index contributed by atoms with van der Waals surface area (Å²) in [4.78, 5) is 27.8. The number of carbonyl (C=O) groups excluding carboxylic acids is 2. The van der Waals surface area contributed by atoms with Crippen molar-refractivity contribution in [2.75, 3.05) is 17.4 Å². The van der Waals surface area contributed by atoms with Crippen molar-refractivity contribution in [2.24, 2.45) is 0 Å². The molecule has 226 valence electrons. The molecule has 3 rings (SSSR count). The lowest BCUT2D eigenvalue weighted by Crippen LogP contribution is -2.51. The number of nitrogens with one attached hydrogen (secondary N) is 1. The number of carbonyl (C=O) groups is 2. The molecule has 0 fully saturated rings. The van der Waals surface area contributed by atoms with Crippen molar-refractivity contribution >= 4 is 50.7 Å². The first-order chi connectivity index (χ1) is 19.8. The smallest absolute Gasteiger partial charge is 0.354 e. The van der Waals surface area contributed by atoms with Gasteiger partial charge in [-0.05, 0) is 61.4 Å².